The van der Waals surface area contributed by atoms with Gasteiger partial charge >= 0.3 is 0 Å². The van der Waals surface area contributed by atoms with Crippen LogP contribution in [0.15, 0.2) is 47.4 Å². The van der Waals surface area contributed by atoms with Crippen LogP contribution < -0.4 is 14.9 Å². The van der Waals surface area contributed by atoms with Gasteiger partial charge in [-0.15, -0.1) is 0 Å². The number of halogens is 1. The van der Waals surface area contributed by atoms with E-state index in [4.69, 9.17) is 9.47 Å². The molecule has 0 atom stereocenters. The lowest BCUT2D eigenvalue weighted by Gasteiger charge is -2.43. The zero-order valence-corrected chi connectivity index (χ0v) is 22.1. The van der Waals surface area contributed by atoms with Crippen molar-refractivity contribution in [2.45, 2.75) is 66.8 Å². The predicted octanol–water partition coefficient (Wildman–Crippen LogP) is 7.63. The molecule has 1 heterocycles. The fraction of sp³-hybridized carbons (Fsp3) is 0.500. The predicted molar refractivity (Wildman–Crippen MR) is 141 cm³/mol. The highest BCUT2D eigenvalue weighted by Crippen LogP contribution is 2.46. The van der Waals surface area contributed by atoms with Gasteiger partial charge in [-0.05, 0) is 59.4 Å². The van der Waals surface area contributed by atoms with E-state index in [-0.39, 0.29) is 27.7 Å². The summed E-state index contributed by atoms with van der Waals surface area (Å²) in [5.74, 6) is 1.28. The molecule has 188 valence electrons. The van der Waals surface area contributed by atoms with Gasteiger partial charge in [0.25, 0.3) is 0 Å². The van der Waals surface area contributed by atoms with Crippen LogP contribution in [0, 0.1) is 22.6 Å². The van der Waals surface area contributed by atoms with Crippen LogP contribution >= 0.6 is 0 Å². The number of benzene rings is 2. The summed E-state index contributed by atoms with van der Waals surface area (Å²) in [4.78, 5) is 13.8. The van der Waals surface area contributed by atoms with E-state index < -0.39 is 5.82 Å². The summed E-state index contributed by atoms with van der Waals surface area (Å²) in [6.07, 6.45) is 5.44. The van der Waals surface area contributed by atoms with Crippen molar-refractivity contribution < 1.29 is 13.9 Å². The molecule has 1 aliphatic carbocycles. The number of methoxy groups -OCH3 is 1. The zero-order chi connectivity index (χ0) is 25.5. The summed E-state index contributed by atoms with van der Waals surface area (Å²) in [5, 5.41) is 0.0860. The zero-order valence-electron chi connectivity index (χ0n) is 22.1. The van der Waals surface area contributed by atoms with Crippen molar-refractivity contribution in [3.63, 3.8) is 0 Å². The molecule has 0 bridgehead atoms. The molecule has 1 aliphatic rings. The van der Waals surface area contributed by atoms with Crippen molar-refractivity contribution in [1.29, 1.82) is 0 Å². The van der Waals surface area contributed by atoms with E-state index >= 15 is 4.39 Å². The van der Waals surface area contributed by atoms with E-state index in [1.807, 2.05) is 30.5 Å². The van der Waals surface area contributed by atoms with Crippen LogP contribution in [-0.2, 0) is 0 Å². The summed E-state index contributed by atoms with van der Waals surface area (Å²) < 4.78 is 29.1. The van der Waals surface area contributed by atoms with Gasteiger partial charge in [0.2, 0.25) is 0 Å². The molecule has 35 heavy (non-hydrogen) atoms. The Morgan fingerprint density at radius 1 is 1.00 bits per heavy atom. The number of nitrogens with zero attached hydrogens (tertiary/aromatic N) is 1. The summed E-state index contributed by atoms with van der Waals surface area (Å²) in [7, 11) is 1.61. The lowest BCUT2D eigenvalue weighted by atomic mass is 9.71. The Kier molecular flexibility index (Phi) is 6.74. The lowest BCUT2D eigenvalue weighted by molar-refractivity contribution is 0.114. The largest absolute Gasteiger partial charge is 0.497 e. The third-order valence-corrected chi connectivity index (χ3v) is 7.11. The number of hydrogen-bond donors (Lipinski definition) is 0. The number of fused-ring (bicyclic) bond motifs is 1. The van der Waals surface area contributed by atoms with E-state index in [0.29, 0.717) is 35.1 Å². The average Bonchev–Trinajstić information content (AvgIpc) is 2.73. The molecular formula is C30H38FNO3. The van der Waals surface area contributed by atoms with Gasteiger partial charge in [-0.25, -0.2) is 4.39 Å². The number of hydrogen-bond acceptors (Lipinski definition) is 3. The van der Waals surface area contributed by atoms with Crippen LogP contribution in [-0.4, -0.2) is 18.3 Å². The van der Waals surface area contributed by atoms with Gasteiger partial charge in [0.05, 0.1) is 24.6 Å². The van der Waals surface area contributed by atoms with Gasteiger partial charge in [-0.1, -0.05) is 60.1 Å². The topological polar surface area (TPSA) is 40.5 Å². The van der Waals surface area contributed by atoms with Crippen molar-refractivity contribution >= 4 is 10.9 Å². The highest BCUT2D eigenvalue weighted by atomic mass is 19.1. The first-order valence-electron chi connectivity index (χ1n) is 12.6. The second-order valence-corrected chi connectivity index (χ2v) is 12.0. The first-order chi connectivity index (χ1) is 16.4. The van der Waals surface area contributed by atoms with Gasteiger partial charge in [0.15, 0.2) is 5.43 Å². The Hall–Kier alpha value is -2.82. The first kappa shape index (κ1) is 25.3. The molecular weight excluding hydrogens is 441 g/mol. The molecule has 1 fully saturated rings. The minimum absolute atomic E-state index is 0.0389. The third-order valence-electron chi connectivity index (χ3n) is 7.11. The molecule has 0 aliphatic heterocycles. The monoisotopic (exact) mass is 479 g/mol. The van der Waals surface area contributed by atoms with E-state index in [0.717, 1.165) is 18.4 Å². The number of aromatic nitrogens is 1. The van der Waals surface area contributed by atoms with Gasteiger partial charge in [-0.2, -0.15) is 0 Å². The Labute approximate surface area is 208 Å². The molecule has 0 amide bonds. The quantitative estimate of drug-likeness (QED) is 0.365. The fourth-order valence-corrected chi connectivity index (χ4v) is 5.71. The Morgan fingerprint density at radius 3 is 2.14 bits per heavy atom. The third kappa shape index (κ3) is 4.96. The molecule has 1 aromatic heterocycles. The molecule has 0 N–H and O–H groups in total. The van der Waals surface area contributed by atoms with Crippen molar-refractivity contribution in [3.05, 3.63) is 58.6 Å². The second-order valence-electron chi connectivity index (χ2n) is 12.0. The lowest BCUT2D eigenvalue weighted by Crippen LogP contribution is -2.36. The Morgan fingerprint density at radius 2 is 1.63 bits per heavy atom. The van der Waals surface area contributed by atoms with Crippen LogP contribution in [0.3, 0.4) is 0 Å². The summed E-state index contributed by atoms with van der Waals surface area (Å²) in [6.45, 7) is 13.7. The molecule has 0 unspecified atom stereocenters. The Bertz CT molecular complexity index is 1240. The summed E-state index contributed by atoms with van der Waals surface area (Å²) >= 11 is 0. The maximum atomic E-state index is 15.5. The molecule has 0 radical (unpaired) electrons. The fourth-order valence-electron chi connectivity index (χ4n) is 5.71. The smallest absolute Gasteiger partial charge is 0.200 e. The number of rotatable bonds is 6. The molecule has 0 saturated heterocycles. The van der Waals surface area contributed by atoms with Crippen LogP contribution in [0.2, 0.25) is 0 Å². The minimum Gasteiger partial charge on any atom is -0.497 e. The van der Waals surface area contributed by atoms with Gasteiger partial charge in [0, 0.05) is 17.8 Å². The maximum Gasteiger partial charge on any atom is 0.200 e. The van der Waals surface area contributed by atoms with Crippen LogP contribution in [0.5, 0.6) is 11.5 Å². The molecule has 2 aromatic carbocycles. The van der Waals surface area contributed by atoms with Crippen molar-refractivity contribution in [3.8, 4) is 22.6 Å². The minimum atomic E-state index is -0.522. The van der Waals surface area contributed by atoms with E-state index in [1.165, 1.54) is 12.5 Å². The summed E-state index contributed by atoms with van der Waals surface area (Å²) in [6, 6.07) is 10.4. The van der Waals surface area contributed by atoms with Gasteiger partial charge in [0.1, 0.15) is 17.3 Å². The number of pyridine rings is 1. The SMILES string of the molecule is COc1ccc(-c2cn(C(C(C)(C)C)C(C)(C)C)c3c(OCC4CCC4)ccc(F)c3c2=O)cc1. The summed E-state index contributed by atoms with van der Waals surface area (Å²) in [5.41, 5.74) is 1.07. The van der Waals surface area contributed by atoms with E-state index in [2.05, 4.69) is 46.1 Å². The highest BCUT2D eigenvalue weighted by molar-refractivity contribution is 5.89. The van der Waals surface area contributed by atoms with E-state index in [9.17, 15) is 4.79 Å². The van der Waals surface area contributed by atoms with Crippen LogP contribution in [0.25, 0.3) is 22.0 Å². The normalized spacial score (nSPS) is 14.9. The standard InChI is InChI=1S/C30H38FNO3/c1-29(2,3)28(30(4,5)6)32-17-22(20-11-13-21(34-7)14-12-20)27(33)25-23(31)15-16-24(26(25)32)35-18-19-9-8-10-19/h11-17,19,28H,8-10,18H2,1-7H3. The molecule has 5 heteroatoms. The second kappa shape index (κ2) is 9.33. The van der Waals surface area contributed by atoms with Crippen molar-refractivity contribution in [1.82, 2.24) is 4.57 Å². The maximum absolute atomic E-state index is 15.5. The number of ether oxygens (including phenoxy) is 2. The average molecular weight is 480 g/mol. The van der Waals surface area contributed by atoms with Gasteiger partial charge in [-0.3, -0.25) is 4.79 Å². The van der Waals surface area contributed by atoms with E-state index in [1.54, 1.807) is 13.2 Å². The highest BCUT2D eigenvalue weighted by Gasteiger charge is 2.38. The van der Waals surface area contributed by atoms with Gasteiger partial charge < -0.3 is 14.0 Å². The first-order valence-corrected chi connectivity index (χ1v) is 12.6. The van der Waals surface area contributed by atoms with Crippen molar-refractivity contribution in [2.75, 3.05) is 13.7 Å². The molecule has 0 spiro atoms. The van der Waals surface area contributed by atoms with Crippen LogP contribution in [0.4, 0.5) is 4.39 Å². The molecule has 3 aromatic rings. The van der Waals surface area contributed by atoms with Crippen LogP contribution in [0.1, 0.15) is 66.8 Å². The van der Waals surface area contributed by atoms with Crippen molar-refractivity contribution in [2.24, 2.45) is 16.7 Å². The molecule has 4 rings (SSSR count). The molecule has 4 nitrogen and oxygen atoms in total. The molecule has 1 saturated carbocycles. The Balaban J connectivity index is 2.04.